The van der Waals surface area contributed by atoms with E-state index in [2.05, 4.69) is 10.6 Å². The molecule has 0 spiro atoms. The molecule has 1 saturated carbocycles. The minimum absolute atomic E-state index is 0.0235. The highest BCUT2D eigenvalue weighted by atomic mass is 35.5. The summed E-state index contributed by atoms with van der Waals surface area (Å²) in [7, 11) is 0. The molecule has 0 aromatic heterocycles. The Bertz CT molecular complexity index is 1040. The molecule has 0 unspecified atom stereocenters. The number of amides is 2. The first-order chi connectivity index (χ1) is 15.2. The summed E-state index contributed by atoms with van der Waals surface area (Å²) in [6, 6.07) is 9.70. The zero-order chi connectivity index (χ0) is 23.0. The zero-order valence-corrected chi connectivity index (χ0v) is 20.4. The summed E-state index contributed by atoms with van der Waals surface area (Å²) < 4.78 is 4.01. The van der Waals surface area contributed by atoms with Crippen LogP contribution in [0, 0.1) is 5.92 Å². The third kappa shape index (κ3) is 5.14. The van der Waals surface area contributed by atoms with Crippen molar-refractivity contribution in [1.29, 1.82) is 0 Å². The van der Waals surface area contributed by atoms with Gasteiger partial charge < -0.3 is 15.4 Å². The van der Waals surface area contributed by atoms with Crippen LogP contribution in [0.2, 0.25) is 15.1 Å². The SMILES string of the molecule is O=C(NC1CCOCC1)c1cc(NC(=O)[C@@H]2[C@@H](c3cc(Cl)cc(Cl)c3)C2(Cl)Cl)ccc1Cl. The van der Waals surface area contributed by atoms with Gasteiger partial charge in [0, 0.05) is 40.9 Å². The number of nitrogens with one attached hydrogen (secondary N) is 2. The Morgan fingerprint density at radius 2 is 1.62 bits per heavy atom. The first-order valence-electron chi connectivity index (χ1n) is 9.99. The van der Waals surface area contributed by atoms with Gasteiger partial charge in [-0.25, -0.2) is 0 Å². The van der Waals surface area contributed by atoms with Crippen LogP contribution in [0.4, 0.5) is 5.69 Å². The lowest BCUT2D eigenvalue weighted by atomic mass is 10.1. The third-order valence-corrected chi connectivity index (χ3v) is 7.32. The second kappa shape index (κ2) is 9.57. The van der Waals surface area contributed by atoms with E-state index in [4.69, 9.17) is 62.7 Å². The predicted octanol–water partition coefficient (Wildman–Crippen LogP) is 6.08. The Kier molecular flexibility index (Phi) is 7.16. The van der Waals surface area contributed by atoms with Gasteiger partial charge in [0.15, 0.2) is 0 Å². The lowest BCUT2D eigenvalue weighted by Crippen LogP contribution is -2.39. The van der Waals surface area contributed by atoms with E-state index < -0.39 is 16.2 Å². The Morgan fingerprint density at radius 3 is 2.28 bits per heavy atom. The molecule has 2 aromatic carbocycles. The largest absolute Gasteiger partial charge is 0.381 e. The van der Waals surface area contributed by atoms with Crippen LogP contribution in [0.15, 0.2) is 36.4 Å². The Morgan fingerprint density at radius 1 is 0.969 bits per heavy atom. The van der Waals surface area contributed by atoms with E-state index >= 15 is 0 Å². The molecule has 1 saturated heterocycles. The van der Waals surface area contributed by atoms with Crippen LogP contribution >= 0.6 is 58.0 Å². The maximum Gasteiger partial charge on any atom is 0.253 e. The number of carbonyl (C=O) groups is 2. The average Bonchev–Trinajstić information content (AvgIpc) is 3.31. The van der Waals surface area contributed by atoms with E-state index in [1.807, 2.05) is 0 Å². The van der Waals surface area contributed by atoms with Gasteiger partial charge in [-0.15, -0.1) is 23.2 Å². The molecule has 2 aliphatic rings. The summed E-state index contributed by atoms with van der Waals surface area (Å²) in [5, 5.41) is 6.89. The first-order valence-corrected chi connectivity index (χ1v) is 11.9. The Balaban J connectivity index is 1.47. The lowest BCUT2D eigenvalue weighted by Gasteiger charge is -2.23. The van der Waals surface area contributed by atoms with Crippen LogP contribution in [-0.4, -0.2) is 35.4 Å². The van der Waals surface area contributed by atoms with Crippen molar-refractivity contribution in [3.05, 3.63) is 62.6 Å². The second-order valence-electron chi connectivity index (χ2n) is 7.88. The molecule has 1 heterocycles. The zero-order valence-electron chi connectivity index (χ0n) is 16.6. The quantitative estimate of drug-likeness (QED) is 0.455. The summed E-state index contributed by atoms with van der Waals surface area (Å²) in [4.78, 5) is 25.6. The van der Waals surface area contributed by atoms with Gasteiger partial charge in [0.2, 0.25) is 5.91 Å². The number of rotatable bonds is 5. The monoisotopic (exact) mass is 534 g/mol. The van der Waals surface area contributed by atoms with Crippen molar-refractivity contribution in [2.45, 2.75) is 29.1 Å². The molecule has 2 N–H and O–H groups in total. The molecule has 2 amide bonds. The Labute approximate surface area is 210 Å². The molecule has 2 aromatic rings. The van der Waals surface area contributed by atoms with Crippen molar-refractivity contribution in [2.24, 2.45) is 5.92 Å². The fourth-order valence-corrected chi connectivity index (χ4v) is 5.50. The number of carbonyl (C=O) groups excluding carboxylic acids is 2. The molecule has 0 radical (unpaired) electrons. The van der Waals surface area contributed by atoms with Gasteiger partial charge >= 0.3 is 0 Å². The molecule has 5 nitrogen and oxygen atoms in total. The standard InChI is InChI=1S/C22H19Cl5N2O3/c23-12-7-11(8-13(24)9-12)18-19(22(18,26)27)21(31)29-15-1-2-17(25)16(10-15)20(30)28-14-3-5-32-6-4-14/h1-2,7-10,14,18-19H,3-6H2,(H,28,30)(H,29,31)/t18-,19+/m1/s1. The maximum atomic E-state index is 12.9. The van der Waals surface area contributed by atoms with Gasteiger partial charge in [0.25, 0.3) is 5.91 Å². The number of benzene rings is 2. The molecule has 32 heavy (non-hydrogen) atoms. The van der Waals surface area contributed by atoms with E-state index in [-0.39, 0.29) is 28.4 Å². The highest BCUT2D eigenvalue weighted by molar-refractivity contribution is 6.53. The lowest BCUT2D eigenvalue weighted by molar-refractivity contribution is -0.117. The van der Waals surface area contributed by atoms with Crippen LogP contribution in [0.25, 0.3) is 0 Å². The molecule has 2 fully saturated rings. The third-order valence-electron chi connectivity index (χ3n) is 5.62. The van der Waals surface area contributed by atoms with E-state index in [1.165, 1.54) is 6.07 Å². The van der Waals surface area contributed by atoms with Crippen LogP contribution < -0.4 is 10.6 Å². The summed E-state index contributed by atoms with van der Waals surface area (Å²) in [5.74, 6) is -1.87. The molecule has 2 atom stereocenters. The summed E-state index contributed by atoms with van der Waals surface area (Å²) in [5.41, 5.74) is 1.36. The number of hydrogen-bond donors (Lipinski definition) is 2. The number of alkyl halides is 2. The minimum Gasteiger partial charge on any atom is -0.381 e. The number of hydrogen-bond acceptors (Lipinski definition) is 3. The summed E-state index contributed by atoms with van der Waals surface area (Å²) in [6.07, 6.45) is 1.48. The first kappa shape index (κ1) is 23.9. The van der Waals surface area contributed by atoms with Crippen LogP contribution in [-0.2, 0) is 9.53 Å². The molecule has 4 rings (SSSR count). The smallest absolute Gasteiger partial charge is 0.253 e. The van der Waals surface area contributed by atoms with Crippen LogP contribution in [0.1, 0.15) is 34.7 Å². The normalized spacial score (nSPS) is 22.3. The molecule has 1 aliphatic carbocycles. The van der Waals surface area contributed by atoms with Crippen molar-refractivity contribution in [3.8, 4) is 0 Å². The van der Waals surface area contributed by atoms with Gasteiger partial charge in [-0.1, -0.05) is 34.8 Å². The van der Waals surface area contributed by atoms with Crippen molar-refractivity contribution < 1.29 is 14.3 Å². The van der Waals surface area contributed by atoms with Gasteiger partial charge in [-0.05, 0) is 54.8 Å². The summed E-state index contributed by atoms with van der Waals surface area (Å²) in [6.45, 7) is 1.21. The molecular weight excluding hydrogens is 518 g/mol. The van der Waals surface area contributed by atoms with Crippen molar-refractivity contribution >= 4 is 75.5 Å². The number of halogens is 5. The topological polar surface area (TPSA) is 67.4 Å². The van der Waals surface area contributed by atoms with Crippen molar-refractivity contribution in [1.82, 2.24) is 5.32 Å². The molecule has 1 aliphatic heterocycles. The van der Waals surface area contributed by atoms with E-state index in [9.17, 15) is 9.59 Å². The maximum absolute atomic E-state index is 12.9. The number of anilines is 1. The van der Waals surface area contributed by atoms with Crippen molar-refractivity contribution in [3.63, 3.8) is 0 Å². The molecule has 0 bridgehead atoms. The highest BCUT2D eigenvalue weighted by Gasteiger charge is 2.67. The van der Waals surface area contributed by atoms with Gasteiger partial charge in [-0.3, -0.25) is 9.59 Å². The second-order valence-corrected chi connectivity index (χ2v) is 10.6. The predicted molar refractivity (Wildman–Crippen MR) is 129 cm³/mol. The van der Waals surface area contributed by atoms with Crippen LogP contribution in [0.5, 0.6) is 0 Å². The van der Waals surface area contributed by atoms with Crippen molar-refractivity contribution in [2.75, 3.05) is 18.5 Å². The fourth-order valence-electron chi connectivity index (χ4n) is 3.92. The van der Waals surface area contributed by atoms with Gasteiger partial charge in [0.05, 0.1) is 16.5 Å². The van der Waals surface area contributed by atoms with Gasteiger partial charge in [-0.2, -0.15) is 0 Å². The number of ether oxygens (including phenoxy) is 1. The summed E-state index contributed by atoms with van der Waals surface area (Å²) >= 11 is 31.2. The Hall–Kier alpha value is -1.21. The minimum atomic E-state index is -1.30. The highest BCUT2D eigenvalue weighted by Crippen LogP contribution is 2.65. The van der Waals surface area contributed by atoms with E-state index in [1.54, 1.807) is 30.3 Å². The van der Waals surface area contributed by atoms with Gasteiger partial charge in [0.1, 0.15) is 4.33 Å². The average molecular weight is 537 g/mol. The van der Waals surface area contributed by atoms with E-state index in [0.717, 1.165) is 12.8 Å². The van der Waals surface area contributed by atoms with E-state index in [0.29, 0.717) is 34.5 Å². The fraction of sp³-hybridized carbons (Fsp3) is 0.364. The molecule has 10 heteroatoms. The molecular formula is C22H19Cl5N2O3. The van der Waals surface area contributed by atoms with Crippen LogP contribution in [0.3, 0.4) is 0 Å². The molecule has 170 valence electrons.